The van der Waals surface area contributed by atoms with Crippen LogP contribution in [-0.4, -0.2) is 17.6 Å². The molecule has 0 aliphatic rings. The normalized spacial score (nSPS) is 10.3. The minimum absolute atomic E-state index is 0.310. The van der Waals surface area contributed by atoms with Crippen molar-refractivity contribution in [2.45, 2.75) is 39.5 Å². The van der Waals surface area contributed by atoms with Crippen LogP contribution in [0.4, 0.5) is 0 Å². The molecular weight excluding hydrogens is 210 g/mol. The Balaban J connectivity index is 2.45. The maximum Gasteiger partial charge on any atom is 0.357 e. The van der Waals surface area contributed by atoms with Crippen molar-refractivity contribution >= 4 is 17.3 Å². The van der Waals surface area contributed by atoms with Crippen LogP contribution in [0.5, 0.6) is 0 Å². The second kappa shape index (κ2) is 6.56. The fourth-order valence-electron chi connectivity index (χ4n) is 1.25. The summed E-state index contributed by atoms with van der Waals surface area (Å²) in [5.41, 5.74) is 0.452. The number of hydrogen-bond donors (Lipinski definition) is 0. The monoisotopic (exact) mass is 227 g/mol. The van der Waals surface area contributed by atoms with E-state index in [2.05, 4.69) is 11.9 Å². The number of thiazole rings is 1. The number of esters is 1. The number of ether oxygens (including phenoxy) is 1. The minimum atomic E-state index is -0.310. The van der Waals surface area contributed by atoms with Crippen molar-refractivity contribution in [1.82, 2.24) is 4.98 Å². The molecule has 0 N–H and O–H groups in total. The molecule has 1 rings (SSSR count). The van der Waals surface area contributed by atoms with Crippen LogP contribution in [0.3, 0.4) is 0 Å². The molecule has 0 aliphatic carbocycles. The molecule has 0 aromatic carbocycles. The van der Waals surface area contributed by atoms with Gasteiger partial charge in [-0.15, -0.1) is 11.3 Å². The van der Waals surface area contributed by atoms with Gasteiger partial charge in [0.25, 0.3) is 0 Å². The first-order chi connectivity index (χ1) is 7.27. The van der Waals surface area contributed by atoms with Gasteiger partial charge >= 0.3 is 5.97 Å². The first kappa shape index (κ1) is 12.2. The van der Waals surface area contributed by atoms with Crippen molar-refractivity contribution < 1.29 is 9.53 Å². The first-order valence-corrected chi connectivity index (χ1v) is 6.27. The van der Waals surface area contributed by atoms with Gasteiger partial charge in [-0.05, 0) is 19.8 Å². The highest BCUT2D eigenvalue weighted by molar-refractivity contribution is 7.09. The molecule has 0 spiro atoms. The number of carbonyl (C=O) groups excluding carboxylic acids is 1. The molecule has 1 heterocycles. The van der Waals surface area contributed by atoms with Crippen LogP contribution in [0.15, 0.2) is 5.38 Å². The topological polar surface area (TPSA) is 39.2 Å². The van der Waals surface area contributed by atoms with Gasteiger partial charge < -0.3 is 4.74 Å². The van der Waals surface area contributed by atoms with Gasteiger partial charge in [0.15, 0.2) is 5.69 Å². The van der Waals surface area contributed by atoms with Crippen LogP contribution in [0.1, 0.15) is 48.6 Å². The predicted octanol–water partition coefficient (Wildman–Crippen LogP) is 3.05. The summed E-state index contributed by atoms with van der Waals surface area (Å²) in [5, 5.41) is 2.81. The van der Waals surface area contributed by atoms with E-state index in [1.54, 1.807) is 23.6 Å². The number of rotatable bonds is 6. The Bertz CT molecular complexity index is 309. The molecular formula is C11H17NO2S. The molecule has 1 aromatic rings. The first-order valence-electron chi connectivity index (χ1n) is 5.39. The van der Waals surface area contributed by atoms with E-state index in [0.717, 1.165) is 17.8 Å². The Morgan fingerprint density at radius 1 is 1.47 bits per heavy atom. The maximum absolute atomic E-state index is 11.3. The highest BCUT2D eigenvalue weighted by Gasteiger charge is 2.10. The molecule has 1 aromatic heterocycles. The van der Waals surface area contributed by atoms with Crippen LogP contribution in [0.25, 0.3) is 0 Å². The Morgan fingerprint density at radius 2 is 2.27 bits per heavy atom. The van der Waals surface area contributed by atoms with Crippen LogP contribution in [0.2, 0.25) is 0 Å². The molecule has 0 atom stereocenters. The van der Waals surface area contributed by atoms with Crippen molar-refractivity contribution in [2.75, 3.05) is 6.61 Å². The molecule has 0 unspecified atom stereocenters. The smallest absolute Gasteiger partial charge is 0.357 e. The zero-order valence-corrected chi connectivity index (χ0v) is 10.1. The Labute approximate surface area is 94.5 Å². The van der Waals surface area contributed by atoms with Crippen molar-refractivity contribution in [1.29, 1.82) is 0 Å². The lowest BCUT2D eigenvalue weighted by atomic mass is 10.2. The van der Waals surface area contributed by atoms with Crippen molar-refractivity contribution in [3.05, 3.63) is 16.1 Å². The zero-order chi connectivity index (χ0) is 11.1. The van der Waals surface area contributed by atoms with Gasteiger partial charge in [-0.1, -0.05) is 19.8 Å². The van der Waals surface area contributed by atoms with E-state index in [1.165, 1.54) is 12.8 Å². The standard InChI is InChI=1S/C11H17NO2S/c1-3-5-6-7-10-12-9(8-15-10)11(13)14-4-2/h8H,3-7H2,1-2H3. The van der Waals surface area contributed by atoms with E-state index in [0.29, 0.717) is 12.3 Å². The molecule has 0 amide bonds. The van der Waals surface area contributed by atoms with Gasteiger partial charge in [-0.25, -0.2) is 9.78 Å². The summed E-state index contributed by atoms with van der Waals surface area (Å²) in [6, 6.07) is 0. The number of aromatic nitrogens is 1. The lowest BCUT2D eigenvalue weighted by molar-refractivity contribution is 0.0520. The molecule has 0 aliphatic heterocycles. The van der Waals surface area contributed by atoms with E-state index >= 15 is 0 Å². The number of aryl methyl sites for hydroxylation is 1. The van der Waals surface area contributed by atoms with Gasteiger partial charge in [0.05, 0.1) is 11.6 Å². The zero-order valence-electron chi connectivity index (χ0n) is 9.28. The fraction of sp³-hybridized carbons (Fsp3) is 0.636. The third-order valence-electron chi connectivity index (χ3n) is 2.03. The molecule has 0 saturated carbocycles. The lowest BCUT2D eigenvalue weighted by Gasteiger charge is -1.96. The molecule has 15 heavy (non-hydrogen) atoms. The highest BCUT2D eigenvalue weighted by atomic mass is 32.1. The van der Waals surface area contributed by atoms with E-state index in [1.807, 2.05) is 0 Å². The van der Waals surface area contributed by atoms with E-state index in [9.17, 15) is 4.79 Å². The minimum Gasteiger partial charge on any atom is -0.461 e. The molecule has 0 saturated heterocycles. The molecule has 3 nitrogen and oxygen atoms in total. The van der Waals surface area contributed by atoms with Gasteiger partial charge in [0, 0.05) is 5.38 Å². The van der Waals surface area contributed by atoms with Gasteiger partial charge in [-0.2, -0.15) is 0 Å². The summed E-state index contributed by atoms with van der Waals surface area (Å²) >= 11 is 1.54. The van der Waals surface area contributed by atoms with Gasteiger partial charge in [0.1, 0.15) is 0 Å². The second-order valence-electron chi connectivity index (χ2n) is 3.30. The fourth-order valence-corrected chi connectivity index (χ4v) is 2.06. The highest BCUT2D eigenvalue weighted by Crippen LogP contribution is 2.13. The summed E-state index contributed by atoms with van der Waals surface area (Å²) in [6.45, 7) is 4.37. The number of hydrogen-bond acceptors (Lipinski definition) is 4. The SMILES string of the molecule is CCCCCc1nc(C(=O)OCC)cs1. The van der Waals surface area contributed by atoms with E-state index in [4.69, 9.17) is 4.74 Å². The second-order valence-corrected chi connectivity index (χ2v) is 4.25. The molecule has 0 fully saturated rings. The van der Waals surface area contributed by atoms with Crippen LogP contribution < -0.4 is 0 Å². The van der Waals surface area contributed by atoms with Gasteiger partial charge in [-0.3, -0.25) is 0 Å². The molecule has 84 valence electrons. The van der Waals surface area contributed by atoms with E-state index in [-0.39, 0.29) is 5.97 Å². The summed E-state index contributed by atoms with van der Waals surface area (Å²) < 4.78 is 4.87. The van der Waals surface area contributed by atoms with E-state index < -0.39 is 0 Å². The summed E-state index contributed by atoms with van der Waals surface area (Å²) in [6.07, 6.45) is 4.54. The Hall–Kier alpha value is -0.900. The lowest BCUT2D eigenvalue weighted by Crippen LogP contribution is -2.05. The van der Waals surface area contributed by atoms with Crippen molar-refractivity contribution in [3.8, 4) is 0 Å². The van der Waals surface area contributed by atoms with Crippen LogP contribution in [0, 0.1) is 0 Å². The summed E-state index contributed by atoms with van der Waals surface area (Å²) in [4.78, 5) is 15.6. The average molecular weight is 227 g/mol. The number of unbranched alkanes of at least 4 members (excludes halogenated alkanes) is 2. The molecule has 4 heteroatoms. The summed E-state index contributed by atoms with van der Waals surface area (Å²) in [5.74, 6) is -0.310. The predicted molar refractivity (Wildman–Crippen MR) is 61.3 cm³/mol. The van der Waals surface area contributed by atoms with Crippen molar-refractivity contribution in [3.63, 3.8) is 0 Å². The molecule has 0 radical (unpaired) electrons. The molecule has 0 bridgehead atoms. The third-order valence-corrected chi connectivity index (χ3v) is 2.94. The van der Waals surface area contributed by atoms with Gasteiger partial charge in [0.2, 0.25) is 0 Å². The Kier molecular flexibility index (Phi) is 5.32. The van der Waals surface area contributed by atoms with Crippen LogP contribution >= 0.6 is 11.3 Å². The maximum atomic E-state index is 11.3. The summed E-state index contributed by atoms with van der Waals surface area (Å²) in [7, 11) is 0. The Morgan fingerprint density at radius 3 is 2.93 bits per heavy atom. The van der Waals surface area contributed by atoms with Crippen molar-refractivity contribution in [2.24, 2.45) is 0 Å². The number of carbonyl (C=O) groups is 1. The van der Waals surface area contributed by atoms with Crippen LogP contribution in [-0.2, 0) is 11.2 Å². The quantitative estimate of drug-likeness (QED) is 0.554. The average Bonchev–Trinajstić information content (AvgIpc) is 2.67. The number of nitrogens with zero attached hydrogens (tertiary/aromatic N) is 1. The third kappa shape index (κ3) is 4.00. The largest absolute Gasteiger partial charge is 0.461 e.